The normalized spacial score (nSPS) is 12.9. The zero-order valence-corrected chi connectivity index (χ0v) is 10.4. The van der Waals surface area contributed by atoms with Crippen molar-refractivity contribution in [1.29, 1.82) is 0 Å². The number of thiazole rings is 1. The van der Waals surface area contributed by atoms with Crippen LogP contribution in [-0.4, -0.2) is 11.5 Å². The van der Waals surface area contributed by atoms with Crippen molar-refractivity contribution >= 4 is 11.3 Å². The Hall–Kier alpha value is -1.13. The average molecular weight is 236 g/mol. The smallest absolute Gasteiger partial charge is 0.127 e. The van der Waals surface area contributed by atoms with Crippen LogP contribution in [-0.2, 0) is 6.42 Å². The first kappa shape index (κ1) is 11.4. The molecule has 1 N–H and O–H groups in total. The molecule has 1 unspecified atom stereocenters. The molecule has 1 atom stereocenters. The number of nitrogens with one attached hydrogen (secondary N) is 1. The van der Waals surface area contributed by atoms with Crippen molar-refractivity contribution in [2.75, 3.05) is 6.54 Å². The summed E-state index contributed by atoms with van der Waals surface area (Å²) in [5.74, 6) is 1.97. The molecule has 0 saturated carbocycles. The van der Waals surface area contributed by atoms with E-state index < -0.39 is 0 Å². The second-order valence-electron chi connectivity index (χ2n) is 3.56. The number of aryl methyl sites for hydroxylation is 1. The predicted octanol–water partition coefficient (Wildman–Crippen LogP) is 3.00. The molecule has 0 aromatic carbocycles. The summed E-state index contributed by atoms with van der Waals surface area (Å²) in [5, 5.41) is 5.45. The molecule has 16 heavy (non-hydrogen) atoms. The molecule has 3 nitrogen and oxygen atoms in total. The lowest BCUT2D eigenvalue weighted by molar-refractivity contribution is 0.423. The quantitative estimate of drug-likeness (QED) is 0.867. The summed E-state index contributed by atoms with van der Waals surface area (Å²) in [6.45, 7) is 5.07. The van der Waals surface area contributed by atoms with E-state index in [9.17, 15) is 0 Å². The Balaban J connectivity index is 2.25. The van der Waals surface area contributed by atoms with Crippen molar-refractivity contribution in [3.05, 3.63) is 40.2 Å². The fraction of sp³-hybridized carbons (Fsp3) is 0.417. The van der Waals surface area contributed by atoms with Gasteiger partial charge in [0, 0.05) is 11.8 Å². The zero-order chi connectivity index (χ0) is 11.4. The number of nitrogens with zero attached hydrogens (tertiary/aromatic N) is 1. The maximum absolute atomic E-state index is 5.77. The SMILES string of the molecule is CCNC(c1cscn1)c1ccc(CC)o1. The van der Waals surface area contributed by atoms with Gasteiger partial charge in [0.05, 0.1) is 11.2 Å². The highest BCUT2D eigenvalue weighted by Gasteiger charge is 2.18. The number of rotatable bonds is 5. The van der Waals surface area contributed by atoms with Gasteiger partial charge in [0.2, 0.25) is 0 Å². The first-order chi connectivity index (χ1) is 7.85. The van der Waals surface area contributed by atoms with Gasteiger partial charge in [-0.05, 0) is 18.7 Å². The van der Waals surface area contributed by atoms with Gasteiger partial charge in [-0.25, -0.2) is 4.98 Å². The van der Waals surface area contributed by atoms with Crippen molar-refractivity contribution in [2.24, 2.45) is 0 Å². The van der Waals surface area contributed by atoms with E-state index in [-0.39, 0.29) is 6.04 Å². The lowest BCUT2D eigenvalue weighted by Gasteiger charge is -2.12. The van der Waals surface area contributed by atoms with E-state index in [1.807, 2.05) is 17.6 Å². The van der Waals surface area contributed by atoms with Gasteiger partial charge in [0.25, 0.3) is 0 Å². The summed E-state index contributed by atoms with van der Waals surface area (Å²) in [4.78, 5) is 4.34. The van der Waals surface area contributed by atoms with Gasteiger partial charge in [-0.1, -0.05) is 13.8 Å². The van der Waals surface area contributed by atoms with E-state index in [2.05, 4.69) is 29.5 Å². The molecule has 4 heteroatoms. The number of furan rings is 1. The van der Waals surface area contributed by atoms with Gasteiger partial charge in [-0.2, -0.15) is 0 Å². The second kappa shape index (κ2) is 5.27. The molecule has 0 amide bonds. The minimum absolute atomic E-state index is 0.0801. The number of aromatic nitrogens is 1. The lowest BCUT2D eigenvalue weighted by atomic mass is 10.2. The van der Waals surface area contributed by atoms with Crippen LogP contribution in [0.2, 0.25) is 0 Å². The van der Waals surface area contributed by atoms with Crippen molar-refractivity contribution in [3.8, 4) is 0 Å². The van der Waals surface area contributed by atoms with Crippen LogP contribution in [0.1, 0.15) is 37.1 Å². The molecule has 0 saturated heterocycles. The number of hydrogen-bond donors (Lipinski definition) is 1. The summed E-state index contributed by atoms with van der Waals surface area (Å²) in [6.07, 6.45) is 0.926. The van der Waals surface area contributed by atoms with E-state index >= 15 is 0 Å². The van der Waals surface area contributed by atoms with Gasteiger partial charge >= 0.3 is 0 Å². The topological polar surface area (TPSA) is 38.1 Å². The molecule has 2 heterocycles. The highest BCUT2D eigenvalue weighted by Crippen LogP contribution is 2.23. The maximum Gasteiger partial charge on any atom is 0.127 e. The first-order valence-electron chi connectivity index (χ1n) is 5.55. The van der Waals surface area contributed by atoms with Gasteiger partial charge in [0.15, 0.2) is 0 Å². The average Bonchev–Trinajstić information content (AvgIpc) is 2.97. The van der Waals surface area contributed by atoms with Crippen LogP contribution >= 0.6 is 11.3 Å². The molecule has 0 aliphatic carbocycles. The standard InChI is InChI=1S/C12H16N2OS/c1-3-9-5-6-11(15-9)12(13-4-2)10-7-16-8-14-10/h5-8,12-13H,3-4H2,1-2H3. The van der Waals surface area contributed by atoms with Crippen molar-refractivity contribution in [3.63, 3.8) is 0 Å². The van der Waals surface area contributed by atoms with Crippen molar-refractivity contribution in [2.45, 2.75) is 26.3 Å². The molecule has 2 aromatic heterocycles. The molecular weight excluding hydrogens is 220 g/mol. The Kier molecular flexibility index (Phi) is 3.74. The van der Waals surface area contributed by atoms with Crippen LogP contribution in [0.4, 0.5) is 0 Å². The van der Waals surface area contributed by atoms with Crippen LogP contribution in [0.3, 0.4) is 0 Å². The minimum atomic E-state index is 0.0801. The van der Waals surface area contributed by atoms with Gasteiger partial charge < -0.3 is 9.73 Å². The Bertz CT molecular complexity index is 422. The van der Waals surface area contributed by atoms with Gasteiger partial charge in [-0.3, -0.25) is 0 Å². The van der Waals surface area contributed by atoms with Crippen LogP contribution in [0.25, 0.3) is 0 Å². The molecule has 2 rings (SSSR count). The van der Waals surface area contributed by atoms with Crippen LogP contribution in [0.15, 0.2) is 27.4 Å². The van der Waals surface area contributed by atoms with E-state index in [0.717, 1.165) is 30.2 Å². The Morgan fingerprint density at radius 3 is 2.88 bits per heavy atom. The largest absolute Gasteiger partial charge is 0.464 e. The van der Waals surface area contributed by atoms with Gasteiger partial charge in [-0.15, -0.1) is 11.3 Å². The van der Waals surface area contributed by atoms with E-state index in [1.165, 1.54) is 0 Å². The summed E-state index contributed by atoms with van der Waals surface area (Å²) in [6, 6.07) is 4.15. The maximum atomic E-state index is 5.77. The molecule has 0 fully saturated rings. The number of hydrogen-bond acceptors (Lipinski definition) is 4. The highest BCUT2D eigenvalue weighted by molar-refractivity contribution is 7.07. The third-order valence-electron chi connectivity index (χ3n) is 2.47. The lowest BCUT2D eigenvalue weighted by Crippen LogP contribution is -2.21. The van der Waals surface area contributed by atoms with E-state index in [1.54, 1.807) is 11.3 Å². The third-order valence-corrected chi connectivity index (χ3v) is 3.08. The summed E-state index contributed by atoms with van der Waals surface area (Å²) < 4.78 is 5.77. The van der Waals surface area contributed by atoms with E-state index in [4.69, 9.17) is 4.42 Å². The van der Waals surface area contributed by atoms with Crippen molar-refractivity contribution in [1.82, 2.24) is 10.3 Å². The Morgan fingerprint density at radius 1 is 1.44 bits per heavy atom. The fourth-order valence-corrected chi connectivity index (χ4v) is 2.24. The molecule has 0 radical (unpaired) electrons. The molecule has 0 aliphatic heterocycles. The van der Waals surface area contributed by atoms with Crippen LogP contribution in [0.5, 0.6) is 0 Å². The summed E-state index contributed by atoms with van der Waals surface area (Å²) in [5.41, 5.74) is 2.88. The first-order valence-corrected chi connectivity index (χ1v) is 6.49. The molecule has 0 aliphatic rings. The summed E-state index contributed by atoms with van der Waals surface area (Å²) in [7, 11) is 0. The monoisotopic (exact) mass is 236 g/mol. The van der Waals surface area contributed by atoms with Crippen LogP contribution in [0, 0.1) is 0 Å². The van der Waals surface area contributed by atoms with E-state index in [0.29, 0.717) is 0 Å². The predicted molar refractivity (Wildman–Crippen MR) is 65.7 cm³/mol. The summed E-state index contributed by atoms with van der Waals surface area (Å²) >= 11 is 1.61. The molecule has 0 bridgehead atoms. The second-order valence-corrected chi connectivity index (χ2v) is 4.28. The fourth-order valence-electron chi connectivity index (χ4n) is 1.66. The Morgan fingerprint density at radius 2 is 2.31 bits per heavy atom. The minimum Gasteiger partial charge on any atom is -0.464 e. The van der Waals surface area contributed by atoms with Gasteiger partial charge in [0.1, 0.15) is 17.6 Å². The molecule has 0 spiro atoms. The highest BCUT2D eigenvalue weighted by atomic mass is 32.1. The Labute approximate surface area is 99.5 Å². The van der Waals surface area contributed by atoms with Crippen LogP contribution < -0.4 is 5.32 Å². The third kappa shape index (κ3) is 2.33. The van der Waals surface area contributed by atoms with Crippen molar-refractivity contribution < 1.29 is 4.42 Å². The molecular formula is C12H16N2OS. The molecule has 2 aromatic rings. The zero-order valence-electron chi connectivity index (χ0n) is 9.56. The molecule has 86 valence electrons.